The highest BCUT2D eigenvalue weighted by molar-refractivity contribution is 7.92. The molecule has 1 aromatic heterocycles. The Balaban J connectivity index is 1.85. The molecule has 164 valence electrons. The molecule has 0 atom stereocenters. The Bertz CT molecular complexity index is 1240. The van der Waals surface area contributed by atoms with Crippen molar-refractivity contribution in [3.63, 3.8) is 0 Å². The molecule has 0 spiro atoms. The van der Waals surface area contributed by atoms with Gasteiger partial charge in [0, 0.05) is 5.69 Å². The maximum atomic E-state index is 13.4. The van der Waals surface area contributed by atoms with Gasteiger partial charge in [0.25, 0.3) is 5.91 Å². The van der Waals surface area contributed by atoms with E-state index in [9.17, 15) is 17.6 Å². The van der Waals surface area contributed by atoms with Crippen LogP contribution in [0, 0.1) is 19.7 Å². The topological polar surface area (TPSA) is 106 Å². The fourth-order valence-electron chi connectivity index (χ4n) is 2.95. The van der Waals surface area contributed by atoms with Crippen LogP contribution >= 0.6 is 11.6 Å². The lowest BCUT2D eigenvalue weighted by Gasteiger charge is -2.14. The average molecular weight is 466 g/mol. The Kier molecular flexibility index (Phi) is 6.61. The molecule has 1 amide bonds. The average Bonchev–Trinajstić information content (AvgIpc) is 3.08. The summed E-state index contributed by atoms with van der Waals surface area (Å²) < 4.78 is 41.5. The minimum atomic E-state index is -3.47. The molecule has 0 saturated carbocycles. The highest BCUT2D eigenvalue weighted by atomic mass is 35.5. The van der Waals surface area contributed by atoms with Crippen molar-refractivity contribution in [3.8, 4) is 5.69 Å². The minimum Gasteiger partial charge on any atom is -0.320 e. The number of carbonyl (C=O) groups is 1. The smallest absolute Gasteiger partial charge is 0.278 e. The Morgan fingerprint density at radius 2 is 1.90 bits per heavy atom. The third-order valence-corrected chi connectivity index (χ3v) is 6.34. The van der Waals surface area contributed by atoms with Gasteiger partial charge in [-0.05, 0) is 56.2 Å². The predicted octanol–water partition coefficient (Wildman–Crippen LogP) is 4.08. The normalized spacial score (nSPS) is 11.4. The summed E-state index contributed by atoms with van der Waals surface area (Å²) in [7, 11) is -3.47. The van der Waals surface area contributed by atoms with Gasteiger partial charge < -0.3 is 5.32 Å². The summed E-state index contributed by atoms with van der Waals surface area (Å²) in [6, 6.07) is 8.98. The Morgan fingerprint density at radius 3 is 2.58 bits per heavy atom. The number of carbonyl (C=O) groups excluding carboxylic acids is 1. The molecule has 2 N–H and O–H groups in total. The van der Waals surface area contributed by atoms with Gasteiger partial charge >= 0.3 is 0 Å². The summed E-state index contributed by atoms with van der Waals surface area (Å²) >= 11 is 5.83. The summed E-state index contributed by atoms with van der Waals surface area (Å²) in [5.74, 6) is -1.08. The van der Waals surface area contributed by atoms with Crippen LogP contribution in [-0.2, 0) is 10.0 Å². The Hall–Kier alpha value is -2.98. The fourth-order valence-corrected chi connectivity index (χ4v) is 4.32. The van der Waals surface area contributed by atoms with Gasteiger partial charge in [-0.1, -0.05) is 29.8 Å². The van der Waals surface area contributed by atoms with E-state index in [0.29, 0.717) is 34.7 Å². The Morgan fingerprint density at radius 1 is 1.19 bits per heavy atom. The third-order valence-electron chi connectivity index (χ3n) is 4.58. The molecule has 8 nitrogen and oxygen atoms in total. The standard InChI is InChI=1S/C20H21ClFN5O3S/c1-4-10-31(29,30)25-18-7-5-6-17(12(18)2)23-20(28)19-13(3)27(26-24-19)14-8-9-16(22)15(21)11-14/h5-9,11,25H,4,10H2,1-3H3,(H,23,28). The van der Waals surface area contributed by atoms with Crippen LogP contribution in [-0.4, -0.2) is 35.1 Å². The highest BCUT2D eigenvalue weighted by Gasteiger charge is 2.20. The van der Waals surface area contributed by atoms with Gasteiger partial charge in [0.2, 0.25) is 10.0 Å². The van der Waals surface area contributed by atoms with Crippen LogP contribution in [0.5, 0.6) is 0 Å². The second-order valence-corrected chi connectivity index (χ2v) is 9.14. The SMILES string of the molecule is CCCS(=O)(=O)Nc1cccc(NC(=O)c2nnn(-c3ccc(F)c(Cl)c3)c2C)c1C. The zero-order valence-corrected chi connectivity index (χ0v) is 18.7. The number of nitrogens with zero attached hydrogens (tertiary/aromatic N) is 3. The van der Waals surface area contributed by atoms with Crippen molar-refractivity contribution in [3.05, 3.63) is 64.2 Å². The van der Waals surface area contributed by atoms with Crippen LogP contribution in [0.3, 0.4) is 0 Å². The van der Waals surface area contributed by atoms with Gasteiger partial charge in [-0.3, -0.25) is 9.52 Å². The van der Waals surface area contributed by atoms with Crippen LogP contribution < -0.4 is 10.0 Å². The van der Waals surface area contributed by atoms with E-state index < -0.39 is 21.7 Å². The number of amides is 1. The number of rotatable bonds is 7. The highest BCUT2D eigenvalue weighted by Crippen LogP contribution is 2.25. The first-order valence-corrected chi connectivity index (χ1v) is 11.4. The molecule has 0 aliphatic carbocycles. The molecule has 0 saturated heterocycles. The van der Waals surface area contributed by atoms with E-state index in [4.69, 9.17) is 11.6 Å². The summed E-state index contributed by atoms with van der Waals surface area (Å²) in [5, 5.41) is 10.6. The molecule has 0 radical (unpaired) electrons. The molecule has 0 bridgehead atoms. The van der Waals surface area contributed by atoms with Gasteiger partial charge in [-0.15, -0.1) is 5.10 Å². The summed E-state index contributed by atoms with van der Waals surface area (Å²) in [4.78, 5) is 12.8. The van der Waals surface area contributed by atoms with Gasteiger partial charge in [0.15, 0.2) is 5.69 Å². The number of hydrogen-bond donors (Lipinski definition) is 2. The molecule has 31 heavy (non-hydrogen) atoms. The second-order valence-electron chi connectivity index (χ2n) is 6.89. The molecule has 11 heteroatoms. The van der Waals surface area contributed by atoms with Gasteiger partial charge in [0.05, 0.1) is 27.8 Å². The van der Waals surface area contributed by atoms with Crippen molar-refractivity contribution in [2.45, 2.75) is 27.2 Å². The van der Waals surface area contributed by atoms with E-state index in [-0.39, 0.29) is 16.5 Å². The predicted molar refractivity (Wildman–Crippen MR) is 118 cm³/mol. The van der Waals surface area contributed by atoms with Gasteiger partial charge in [-0.2, -0.15) is 0 Å². The number of sulfonamides is 1. The number of nitrogens with one attached hydrogen (secondary N) is 2. The van der Waals surface area contributed by atoms with Crippen molar-refractivity contribution in [1.29, 1.82) is 0 Å². The lowest BCUT2D eigenvalue weighted by atomic mass is 10.1. The molecule has 0 unspecified atom stereocenters. The van der Waals surface area contributed by atoms with Crippen LogP contribution in [0.1, 0.15) is 35.1 Å². The van der Waals surface area contributed by atoms with E-state index in [1.165, 1.54) is 22.9 Å². The lowest BCUT2D eigenvalue weighted by molar-refractivity contribution is 0.102. The molecule has 0 aliphatic heterocycles. The van der Waals surface area contributed by atoms with E-state index in [2.05, 4.69) is 20.4 Å². The van der Waals surface area contributed by atoms with Crippen LogP contribution in [0.2, 0.25) is 5.02 Å². The summed E-state index contributed by atoms with van der Waals surface area (Å²) in [6.07, 6.45) is 0.485. The first-order valence-electron chi connectivity index (χ1n) is 9.42. The molecular formula is C20H21ClFN5O3S. The molecule has 3 aromatic rings. The van der Waals surface area contributed by atoms with E-state index in [0.717, 1.165) is 0 Å². The molecular weight excluding hydrogens is 445 g/mol. The van der Waals surface area contributed by atoms with Crippen LogP contribution in [0.15, 0.2) is 36.4 Å². The van der Waals surface area contributed by atoms with Crippen LogP contribution in [0.25, 0.3) is 5.69 Å². The van der Waals surface area contributed by atoms with E-state index in [1.54, 1.807) is 39.0 Å². The number of hydrogen-bond acceptors (Lipinski definition) is 5. The first kappa shape index (κ1) is 22.7. The quantitative estimate of drug-likeness (QED) is 0.546. The van der Waals surface area contributed by atoms with Crippen molar-refractivity contribution < 1.29 is 17.6 Å². The van der Waals surface area contributed by atoms with Crippen LogP contribution in [0.4, 0.5) is 15.8 Å². The summed E-state index contributed by atoms with van der Waals surface area (Å²) in [6.45, 7) is 5.12. The third kappa shape index (κ3) is 5.02. The largest absolute Gasteiger partial charge is 0.320 e. The van der Waals surface area contributed by atoms with Gasteiger partial charge in [0.1, 0.15) is 5.82 Å². The van der Waals surface area contributed by atoms with Crippen molar-refractivity contribution in [2.24, 2.45) is 0 Å². The zero-order valence-electron chi connectivity index (χ0n) is 17.1. The maximum Gasteiger partial charge on any atom is 0.278 e. The number of benzene rings is 2. The van der Waals surface area contributed by atoms with Crippen molar-refractivity contribution in [2.75, 3.05) is 15.8 Å². The first-order chi connectivity index (χ1) is 14.6. The Labute approximate surface area is 184 Å². The van der Waals surface area contributed by atoms with E-state index >= 15 is 0 Å². The fraction of sp³-hybridized carbons (Fsp3) is 0.250. The molecule has 2 aromatic carbocycles. The molecule has 0 fully saturated rings. The van der Waals surface area contributed by atoms with E-state index in [1.807, 2.05) is 0 Å². The second kappa shape index (κ2) is 9.03. The number of anilines is 2. The maximum absolute atomic E-state index is 13.4. The van der Waals surface area contributed by atoms with Crippen molar-refractivity contribution in [1.82, 2.24) is 15.0 Å². The monoisotopic (exact) mass is 465 g/mol. The van der Waals surface area contributed by atoms with Gasteiger partial charge in [-0.25, -0.2) is 17.5 Å². The minimum absolute atomic E-state index is 0.00126. The molecule has 1 heterocycles. The number of aromatic nitrogens is 3. The molecule has 3 rings (SSSR count). The summed E-state index contributed by atoms with van der Waals surface area (Å²) in [5.41, 5.74) is 2.33. The lowest BCUT2D eigenvalue weighted by Crippen LogP contribution is -2.18. The zero-order chi connectivity index (χ0) is 22.8. The van der Waals surface area contributed by atoms with Crippen molar-refractivity contribution >= 4 is 38.9 Å². The number of halogens is 2. The molecule has 0 aliphatic rings.